The van der Waals surface area contributed by atoms with Crippen molar-refractivity contribution in [3.63, 3.8) is 0 Å². The predicted molar refractivity (Wildman–Crippen MR) is 52.3 cm³/mol. The average molecular weight is 208 g/mol. The van der Waals surface area contributed by atoms with E-state index in [1.54, 1.807) is 12.1 Å². The topological polar surface area (TPSA) is 47.3 Å². The number of benzene rings is 1. The van der Waals surface area contributed by atoms with Crippen molar-refractivity contribution >= 4 is 28.9 Å². The molecule has 0 aliphatic rings. The minimum Gasteiger partial charge on any atom is -0.452 e. The van der Waals surface area contributed by atoms with Gasteiger partial charge in [-0.05, 0) is 18.2 Å². The van der Waals surface area contributed by atoms with Gasteiger partial charge in [-0.2, -0.15) is 0 Å². The summed E-state index contributed by atoms with van der Waals surface area (Å²) in [6.45, 7) is 0. The van der Waals surface area contributed by atoms with Crippen molar-refractivity contribution in [3.05, 3.63) is 45.3 Å². The van der Waals surface area contributed by atoms with Gasteiger partial charge in [-0.25, -0.2) is 0 Å². The molecule has 0 fully saturated rings. The van der Waals surface area contributed by atoms with Gasteiger partial charge in [0, 0.05) is 11.1 Å². The van der Waals surface area contributed by atoms with E-state index >= 15 is 0 Å². The normalized spacial score (nSPS) is 10.4. The van der Waals surface area contributed by atoms with Crippen LogP contribution in [0.5, 0.6) is 0 Å². The van der Waals surface area contributed by atoms with Crippen LogP contribution in [0.3, 0.4) is 0 Å². The van der Waals surface area contributed by atoms with Crippen LogP contribution in [0, 0.1) is 0 Å². The van der Waals surface area contributed by atoms with Gasteiger partial charge in [0.25, 0.3) is 6.29 Å². The van der Waals surface area contributed by atoms with E-state index < -0.39 is 0 Å². The van der Waals surface area contributed by atoms with E-state index in [1.807, 2.05) is 0 Å². The maximum atomic E-state index is 11.4. The van der Waals surface area contributed by atoms with Gasteiger partial charge >= 0.3 is 0 Å². The summed E-state index contributed by atoms with van der Waals surface area (Å²) in [7, 11) is 0. The highest BCUT2D eigenvalue weighted by atomic mass is 35.5. The second kappa shape index (κ2) is 3.27. The van der Waals surface area contributed by atoms with E-state index in [4.69, 9.17) is 16.0 Å². The molecule has 69 valence electrons. The molecule has 14 heavy (non-hydrogen) atoms. The summed E-state index contributed by atoms with van der Waals surface area (Å²) in [6, 6.07) is 5.71. The zero-order valence-corrected chi connectivity index (χ0v) is 7.67. The zero-order valence-electron chi connectivity index (χ0n) is 6.91. The monoisotopic (exact) mass is 207 g/mol. The third-order valence-electron chi connectivity index (χ3n) is 1.79. The lowest BCUT2D eigenvalue weighted by Gasteiger charge is -1.96. The van der Waals surface area contributed by atoms with Crippen LogP contribution in [-0.4, -0.2) is 6.29 Å². The minimum atomic E-state index is -0.299. The van der Waals surface area contributed by atoms with E-state index in [9.17, 15) is 9.59 Å². The van der Waals surface area contributed by atoms with Crippen molar-refractivity contribution in [1.82, 2.24) is 0 Å². The summed E-state index contributed by atoms with van der Waals surface area (Å²) in [5.41, 5.74) is 0.0346. The molecular formula is C10H4ClO3. The number of carbonyl (C=O) groups excluding carboxylic acids is 1. The van der Waals surface area contributed by atoms with Crippen LogP contribution in [0.1, 0.15) is 5.76 Å². The lowest BCUT2D eigenvalue weighted by molar-refractivity contribution is 0.530. The molecule has 3 nitrogen and oxygen atoms in total. The molecule has 1 heterocycles. The molecule has 2 rings (SSSR count). The van der Waals surface area contributed by atoms with Crippen LogP contribution in [0.4, 0.5) is 0 Å². The first-order chi connectivity index (χ1) is 6.70. The Morgan fingerprint density at radius 3 is 2.79 bits per heavy atom. The van der Waals surface area contributed by atoms with E-state index in [0.29, 0.717) is 16.0 Å². The Morgan fingerprint density at radius 2 is 2.07 bits per heavy atom. The van der Waals surface area contributed by atoms with E-state index in [0.717, 1.165) is 6.07 Å². The first-order valence-corrected chi connectivity index (χ1v) is 4.20. The fourth-order valence-corrected chi connectivity index (χ4v) is 1.35. The fourth-order valence-electron chi connectivity index (χ4n) is 1.18. The lowest BCUT2D eigenvalue weighted by Crippen LogP contribution is -2.01. The fraction of sp³-hybridized carbons (Fsp3) is 0. The molecule has 0 spiro atoms. The van der Waals surface area contributed by atoms with Crippen molar-refractivity contribution in [2.24, 2.45) is 0 Å². The Kier molecular flexibility index (Phi) is 2.09. The van der Waals surface area contributed by atoms with Gasteiger partial charge in [-0.3, -0.25) is 9.59 Å². The molecule has 0 unspecified atom stereocenters. The molecule has 1 aromatic carbocycles. The predicted octanol–water partition coefficient (Wildman–Crippen LogP) is 1.90. The Hall–Kier alpha value is -1.61. The van der Waals surface area contributed by atoms with Crippen LogP contribution < -0.4 is 5.43 Å². The molecule has 0 saturated heterocycles. The zero-order chi connectivity index (χ0) is 10.1. The summed E-state index contributed by atoms with van der Waals surface area (Å²) < 4.78 is 5.06. The summed E-state index contributed by atoms with van der Waals surface area (Å²) >= 11 is 5.71. The van der Waals surface area contributed by atoms with Crippen LogP contribution in [0.2, 0.25) is 5.02 Å². The Labute approximate surface area is 83.9 Å². The molecule has 0 amide bonds. The van der Waals surface area contributed by atoms with Crippen molar-refractivity contribution in [3.8, 4) is 0 Å². The van der Waals surface area contributed by atoms with Crippen LogP contribution in [-0.2, 0) is 4.79 Å². The smallest absolute Gasteiger partial charge is 0.272 e. The van der Waals surface area contributed by atoms with Crippen LogP contribution in [0.25, 0.3) is 11.0 Å². The summed E-state index contributed by atoms with van der Waals surface area (Å²) in [6.07, 6.45) is 1.52. The highest BCUT2D eigenvalue weighted by molar-refractivity contribution is 6.31. The van der Waals surface area contributed by atoms with Gasteiger partial charge in [0.1, 0.15) is 5.58 Å². The van der Waals surface area contributed by atoms with Crippen molar-refractivity contribution in [1.29, 1.82) is 0 Å². The van der Waals surface area contributed by atoms with E-state index in [-0.39, 0.29) is 11.2 Å². The highest BCUT2D eigenvalue weighted by Gasteiger charge is 2.04. The first-order valence-electron chi connectivity index (χ1n) is 3.82. The van der Waals surface area contributed by atoms with E-state index in [2.05, 4.69) is 0 Å². The van der Waals surface area contributed by atoms with Crippen LogP contribution >= 0.6 is 11.6 Å². The summed E-state index contributed by atoms with van der Waals surface area (Å²) in [4.78, 5) is 21.7. The molecule has 1 aromatic heterocycles. The largest absolute Gasteiger partial charge is 0.452 e. The minimum absolute atomic E-state index is 0.107. The molecule has 0 aliphatic heterocycles. The molecule has 2 aromatic rings. The maximum absolute atomic E-state index is 11.4. The lowest BCUT2D eigenvalue weighted by atomic mass is 10.2. The highest BCUT2D eigenvalue weighted by Crippen LogP contribution is 2.16. The Balaban J connectivity index is 2.90. The van der Waals surface area contributed by atoms with Crippen molar-refractivity contribution in [2.75, 3.05) is 0 Å². The van der Waals surface area contributed by atoms with Gasteiger partial charge in [0.05, 0.1) is 5.39 Å². The second-order valence-electron chi connectivity index (χ2n) is 2.72. The molecule has 0 bridgehead atoms. The summed E-state index contributed by atoms with van der Waals surface area (Å²) in [5, 5.41) is 0.809. The molecule has 0 saturated carbocycles. The summed E-state index contributed by atoms with van der Waals surface area (Å²) in [5.74, 6) is -0.107. The van der Waals surface area contributed by atoms with Gasteiger partial charge in [-0.15, -0.1) is 0 Å². The van der Waals surface area contributed by atoms with E-state index in [1.165, 1.54) is 12.4 Å². The van der Waals surface area contributed by atoms with Gasteiger partial charge in [0.2, 0.25) is 0 Å². The Bertz CT molecular complexity index is 557. The van der Waals surface area contributed by atoms with Gasteiger partial charge in [0.15, 0.2) is 11.2 Å². The third kappa shape index (κ3) is 1.42. The molecular weight excluding hydrogens is 204 g/mol. The van der Waals surface area contributed by atoms with Crippen LogP contribution in [0.15, 0.2) is 33.5 Å². The number of rotatable bonds is 1. The third-order valence-corrected chi connectivity index (χ3v) is 2.02. The molecule has 0 N–H and O–H groups in total. The number of fused-ring (bicyclic) bond motifs is 1. The number of halogens is 1. The van der Waals surface area contributed by atoms with Gasteiger partial charge < -0.3 is 4.42 Å². The maximum Gasteiger partial charge on any atom is 0.272 e. The van der Waals surface area contributed by atoms with Crippen molar-refractivity contribution < 1.29 is 9.21 Å². The SMILES string of the molecule is O=[C]c1cc(=O)c2cc(Cl)ccc2o1. The van der Waals surface area contributed by atoms with Crippen molar-refractivity contribution in [2.45, 2.75) is 0 Å². The number of hydrogen-bond acceptors (Lipinski definition) is 3. The molecule has 1 radical (unpaired) electrons. The molecule has 0 aliphatic carbocycles. The average Bonchev–Trinajstić information content (AvgIpc) is 2.19. The number of hydrogen-bond donors (Lipinski definition) is 0. The second-order valence-corrected chi connectivity index (χ2v) is 3.15. The molecule has 4 heteroatoms. The first kappa shape index (κ1) is 8.97. The standard InChI is InChI=1S/C10H4ClO3/c11-6-1-2-10-8(3-6)9(13)4-7(5-12)14-10/h1-4H. The Morgan fingerprint density at radius 1 is 1.29 bits per heavy atom. The molecule has 0 atom stereocenters. The quantitative estimate of drug-likeness (QED) is 0.718. The van der Waals surface area contributed by atoms with Gasteiger partial charge in [-0.1, -0.05) is 11.6 Å².